The molecule has 2 aromatic rings. The summed E-state index contributed by atoms with van der Waals surface area (Å²) < 4.78 is 63.9. The van der Waals surface area contributed by atoms with Crippen molar-refractivity contribution in [2.45, 2.75) is 23.9 Å². The maximum atomic E-state index is 12.7. The van der Waals surface area contributed by atoms with Crippen molar-refractivity contribution in [2.24, 2.45) is 0 Å². The first-order chi connectivity index (χ1) is 17.5. The lowest BCUT2D eigenvalue weighted by Gasteiger charge is -2.13. The van der Waals surface area contributed by atoms with Crippen molar-refractivity contribution in [3.63, 3.8) is 0 Å². The van der Waals surface area contributed by atoms with E-state index in [2.05, 4.69) is 4.67 Å². The highest BCUT2D eigenvalue weighted by Crippen LogP contribution is 2.37. The lowest BCUT2D eigenvalue weighted by atomic mass is 10.2. The second-order valence-electron chi connectivity index (χ2n) is 7.30. The quantitative estimate of drug-likeness (QED) is 0.148. The summed E-state index contributed by atoms with van der Waals surface area (Å²) >= 11 is 29.7. The zero-order chi connectivity index (χ0) is 27.0. The Morgan fingerprint density at radius 2 is 1.43 bits per heavy atom. The van der Waals surface area contributed by atoms with Crippen molar-refractivity contribution in [3.8, 4) is 23.0 Å². The van der Waals surface area contributed by atoms with Gasteiger partial charge in [-0.05, 0) is 30.3 Å². The number of hydrogen-bond acceptors (Lipinski definition) is 4. The number of rotatable bonds is 11. The van der Waals surface area contributed by atoms with Crippen LogP contribution in [-0.4, -0.2) is 42.6 Å². The Morgan fingerprint density at radius 1 is 0.838 bits per heavy atom. The summed E-state index contributed by atoms with van der Waals surface area (Å²) in [6.07, 6.45) is -2.92. The van der Waals surface area contributed by atoms with Gasteiger partial charge in [-0.3, -0.25) is 0 Å². The third-order valence-corrected chi connectivity index (χ3v) is 5.75. The highest BCUT2D eigenvalue weighted by molar-refractivity contribution is 6.44. The van der Waals surface area contributed by atoms with Gasteiger partial charge >= 0.3 is 17.9 Å². The maximum absolute atomic E-state index is 12.7. The number of alkyl halides is 5. The number of allylic oxidation sites excluding steroid dienone is 2. The average molecular weight is 619 g/mol. The van der Waals surface area contributed by atoms with Gasteiger partial charge in [-0.2, -0.15) is 13.2 Å². The van der Waals surface area contributed by atoms with Gasteiger partial charge in [0.25, 0.3) is 0 Å². The molecule has 0 unspecified atom stereocenters. The second-order valence-corrected chi connectivity index (χ2v) is 9.80. The van der Waals surface area contributed by atoms with Gasteiger partial charge in [0, 0.05) is 29.6 Å². The fourth-order valence-corrected chi connectivity index (χ4v) is 3.71. The standard InChI is InChI=1S/C24H18Cl5F3NO4/c25-18-11-17(35-9-6-21(28)29)12-19(26)22(18)36-8-1-7-34-15-2-4-16(5-3-15)37-23-20(27)10-14(13-33-23)24(30,31)32/h2-5,10-12,21H,1,6-9H2/q+1. The van der Waals surface area contributed by atoms with Crippen LogP contribution in [0.15, 0.2) is 53.1 Å². The Kier molecular flexibility index (Phi) is 10.8. The van der Waals surface area contributed by atoms with Crippen LogP contribution in [0.4, 0.5) is 13.2 Å². The van der Waals surface area contributed by atoms with Crippen molar-refractivity contribution in [1.82, 2.24) is 4.67 Å². The molecule has 5 nitrogen and oxygen atoms in total. The smallest absolute Gasteiger partial charge is 0.493 e. The molecule has 2 aromatic carbocycles. The van der Waals surface area contributed by atoms with E-state index in [1.165, 1.54) is 0 Å². The summed E-state index contributed by atoms with van der Waals surface area (Å²) in [6, 6.07) is 9.55. The number of nitrogens with zero attached hydrogens (tertiary/aromatic N) is 1. The summed E-state index contributed by atoms with van der Waals surface area (Å²) in [5.41, 5.74) is -1.09. The SMILES string of the molecule is FC(F)(F)C1=C=[N+]=C(Oc2ccc(OCCCOc3c(Cl)cc(OCCC(Cl)Cl)cc3Cl)cc2)C(Cl)=C1. The summed E-state index contributed by atoms with van der Waals surface area (Å²) in [6.45, 7) is 0.929. The largest absolute Gasteiger partial charge is 0.525 e. The van der Waals surface area contributed by atoms with Gasteiger partial charge in [0.1, 0.15) is 22.1 Å². The van der Waals surface area contributed by atoms with E-state index in [1.54, 1.807) is 36.4 Å². The fraction of sp³-hybridized carbons (Fsp3) is 0.292. The normalized spacial score (nSPS) is 13.2. The number of hydrogen-bond donors (Lipinski definition) is 0. The third kappa shape index (κ3) is 9.27. The van der Waals surface area contributed by atoms with E-state index in [0.29, 0.717) is 65.2 Å². The average Bonchev–Trinajstić information content (AvgIpc) is 2.82. The predicted molar refractivity (Wildman–Crippen MR) is 140 cm³/mol. The molecule has 0 atom stereocenters. The molecule has 3 rings (SSSR count). The van der Waals surface area contributed by atoms with Crippen molar-refractivity contribution in [1.29, 1.82) is 0 Å². The lowest BCUT2D eigenvalue weighted by molar-refractivity contribution is -0.0867. The Morgan fingerprint density at radius 3 is 2.03 bits per heavy atom. The summed E-state index contributed by atoms with van der Waals surface area (Å²) in [5.74, 6) is 3.32. The number of halogens is 8. The molecule has 13 heteroatoms. The van der Waals surface area contributed by atoms with E-state index >= 15 is 0 Å². The van der Waals surface area contributed by atoms with Crippen molar-refractivity contribution in [2.75, 3.05) is 19.8 Å². The van der Waals surface area contributed by atoms with Gasteiger partial charge in [-0.1, -0.05) is 34.8 Å². The lowest BCUT2D eigenvalue weighted by Crippen LogP contribution is -2.19. The van der Waals surface area contributed by atoms with Crippen molar-refractivity contribution in [3.05, 3.63) is 63.1 Å². The Hall–Kier alpha value is -2.15. The van der Waals surface area contributed by atoms with E-state index in [9.17, 15) is 13.2 Å². The van der Waals surface area contributed by atoms with Crippen LogP contribution in [0.2, 0.25) is 10.0 Å². The minimum Gasteiger partial charge on any atom is -0.493 e. The van der Waals surface area contributed by atoms with Crippen LogP contribution in [0.25, 0.3) is 0 Å². The van der Waals surface area contributed by atoms with Crippen molar-refractivity contribution < 1.29 is 32.1 Å². The molecular formula is C24H18Cl5F3NO4+. The first-order valence-electron chi connectivity index (χ1n) is 10.6. The first-order valence-corrected chi connectivity index (χ1v) is 12.6. The van der Waals surface area contributed by atoms with Crippen LogP contribution >= 0.6 is 58.0 Å². The van der Waals surface area contributed by atoms with Crippen molar-refractivity contribution >= 4 is 69.8 Å². The van der Waals surface area contributed by atoms with Gasteiger partial charge < -0.3 is 18.9 Å². The molecular weight excluding hydrogens is 601 g/mol. The van der Waals surface area contributed by atoms with E-state index in [1.807, 2.05) is 5.87 Å². The zero-order valence-electron chi connectivity index (χ0n) is 18.8. The molecule has 0 saturated heterocycles. The summed E-state index contributed by atoms with van der Waals surface area (Å²) in [4.78, 5) is -0.523. The van der Waals surface area contributed by atoms with E-state index in [0.717, 1.165) is 0 Å². The van der Waals surface area contributed by atoms with Gasteiger partial charge in [-0.25, -0.2) is 0 Å². The molecule has 0 radical (unpaired) electrons. The molecule has 1 aliphatic heterocycles. The first kappa shape index (κ1) is 29.4. The van der Waals surface area contributed by atoms with Gasteiger partial charge in [0.2, 0.25) is 0 Å². The number of benzene rings is 2. The van der Waals surface area contributed by atoms with E-state index in [4.69, 9.17) is 77.0 Å². The molecule has 0 N–H and O–H groups in total. The highest BCUT2D eigenvalue weighted by Gasteiger charge is 2.38. The van der Waals surface area contributed by atoms with E-state index < -0.39 is 16.6 Å². The zero-order valence-corrected chi connectivity index (χ0v) is 22.5. The second kappa shape index (κ2) is 13.6. The van der Waals surface area contributed by atoms with Gasteiger partial charge in [-0.15, -0.1) is 23.2 Å². The minimum atomic E-state index is -4.60. The Balaban J connectivity index is 1.45. The molecule has 0 aromatic heterocycles. The maximum Gasteiger partial charge on any atom is 0.525 e. The monoisotopic (exact) mass is 616 g/mol. The fourth-order valence-electron chi connectivity index (χ4n) is 2.76. The van der Waals surface area contributed by atoms with Crippen LogP contribution in [-0.2, 0) is 0 Å². The molecule has 37 heavy (non-hydrogen) atoms. The highest BCUT2D eigenvalue weighted by atomic mass is 35.5. The van der Waals surface area contributed by atoms with Crippen LogP contribution in [0.5, 0.6) is 23.0 Å². The molecule has 198 valence electrons. The number of ether oxygens (including phenoxy) is 4. The topological polar surface area (TPSA) is 51.0 Å². The van der Waals surface area contributed by atoms with E-state index in [-0.39, 0.29) is 17.5 Å². The van der Waals surface area contributed by atoms with Gasteiger partial charge in [0.05, 0.1) is 29.9 Å². The van der Waals surface area contributed by atoms with Crippen LogP contribution in [0.3, 0.4) is 0 Å². The summed E-state index contributed by atoms with van der Waals surface area (Å²) in [5, 5.41) is 0.310. The third-order valence-electron chi connectivity index (χ3n) is 4.48. The predicted octanol–water partition coefficient (Wildman–Crippen LogP) is 7.55. The molecule has 0 fully saturated rings. The Labute approximate surface area is 235 Å². The summed E-state index contributed by atoms with van der Waals surface area (Å²) in [7, 11) is 0. The molecule has 0 bridgehead atoms. The van der Waals surface area contributed by atoms with Crippen LogP contribution < -0.4 is 23.6 Å². The molecule has 0 aliphatic carbocycles. The minimum absolute atomic E-state index is 0.198. The molecule has 0 amide bonds. The Bertz CT molecular complexity index is 1210. The molecule has 1 aliphatic rings. The molecule has 0 saturated carbocycles. The molecule has 1 heterocycles. The molecule has 0 spiro atoms. The van der Waals surface area contributed by atoms with Crippen LogP contribution in [0.1, 0.15) is 12.8 Å². The van der Waals surface area contributed by atoms with Gasteiger partial charge in [0.15, 0.2) is 16.4 Å². The van der Waals surface area contributed by atoms with Crippen LogP contribution in [0, 0.1) is 0 Å².